The maximum Gasteiger partial charge on any atom is 0.222 e. The molecule has 1 heterocycles. The van der Waals surface area contributed by atoms with Crippen LogP contribution in [0.1, 0.15) is 23.5 Å². The number of ether oxygens (including phenoxy) is 1. The van der Waals surface area contributed by atoms with Crippen LogP contribution in [0.25, 0.3) is 0 Å². The lowest BCUT2D eigenvalue weighted by Gasteiger charge is -2.16. The molecule has 24 heavy (non-hydrogen) atoms. The van der Waals surface area contributed by atoms with Crippen LogP contribution in [0.15, 0.2) is 54.6 Å². The van der Waals surface area contributed by atoms with Gasteiger partial charge < -0.3 is 15.4 Å². The monoisotopic (exact) mass is 324 g/mol. The minimum absolute atomic E-state index is 0.0114. The molecule has 0 aromatic heterocycles. The van der Waals surface area contributed by atoms with Crippen molar-refractivity contribution in [2.75, 3.05) is 20.2 Å². The summed E-state index contributed by atoms with van der Waals surface area (Å²) < 4.78 is 5.15. The number of methoxy groups -OCH3 is 1. The molecule has 0 unspecified atom stereocenters. The van der Waals surface area contributed by atoms with E-state index in [-0.39, 0.29) is 17.9 Å². The molecule has 1 aliphatic rings. The second-order valence-electron chi connectivity index (χ2n) is 6.33. The summed E-state index contributed by atoms with van der Waals surface area (Å²) in [4.78, 5) is 14.4. The Hall–Kier alpha value is -2.33. The standard InChI is InChI=1S/C20H24N2O2/c1-24-17-10-7-15(8-11-17)9-12-20(23)22-13-18(19(21)14-22)16-5-3-2-4-6-16/h2-8,10-11,18-19H,9,12-14,21H2,1H3/t18-,19+/m0/s1. The fourth-order valence-corrected chi connectivity index (χ4v) is 3.29. The van der Waals surface area contributed by atoms with E-state index in [4.69, 9.17) is 10.5 Å². The number of hydrogen-bond acceptors (Lipinski definition) is 3. The van der Waals surface area contributed by atoms with Gasteiger partial charge in [0, 0.05) is 31.5 Å². The predicted octanol–water partition coefficient (Wildman–Crippen LogP) is 2.58. The van der Waals surface area contributed by atoms with Crippen molar-refractivity contribution in [1.29, 1.82) is 0 Å². The first-order valence-corrected chi connectivity index (χ1v) is 8.38. The molecule has 1 aliphatic heterocycles. The minimum Gasteiger partial charge on any atom is -0.497 e. The summed E-state index contributed by atoms with van der Waals surface area (Å²) in [5.74, 6) is 1.25. The Morgan fingerprint density at radius 3 is 2.50 bits per heavy atom. The van der Waals surface area contributed by atoms with Gasteiger partial charge in [-0.15, -0.1) is 0 Å². The van der Waals surface area contributed by atoms with Gasteiger partial charge in [-0.1, -0.05) is 42.5 Å². The molecule has 0 saturated carbocycles. The molecule has 2 aromatic carbocycles. The van der Waals surface area contributed by atoms with Gasteiger partial charge in [0.15, 0.2) is 0 Å². The topological polar surface area (TPSA) is 55.6 Å². The Morgan fingerprint density at radius 1 is 1.12 bits per heavy atom. The van der Waals surface area contributed by atoms with Gasteiger partial charge in [0.25, 0.3) is 0 Å². The highest BCUT2D eigenvalue weighted by Gasteiger charge is 2.33. The van der Waals surface area contributed by atoms with Gasteiger partial charge in [-0.25, -0.2) is 0 Å². The van der Waals surface area contributed by atoms with E-state index < -0.39 is 0 Å². The van der Waals surface area contributed by atoms with Crippen molar-refractivity contribution in [3.05, 3.63) is 65.7 Å². The van der Waals surface area contributed by atoms with E-state index in [1.807, 2.05) is 47.4 Å². The van der Waals surface area contributed by atoms with Gasteiger partial charge in [0.2, 0.25) is 5.91 Å². The highest BCUT2D eigenvalue weighted by molar-refractivity contribution is 5.77. The van der Waals surface area contributed by atoms with Crippen LogP contribution in [-0.4, -0.2) is 37.0 Å². The summed E-state index contributed by atoms with van der Waals surface area (Å²) in [5, 5.41) is 0. The molecule has 1 saturated heterocycles. The fraction of sp³-hybridized carbons (Fsp3) is 0.350. The maximum absolute atomic E-state index is 12.5. The molecule has 2 atom stereocenters. The molecule has 126 valence electrons. The normalized spacial score (nSPS) is 20.2. The number of nitrogens with two attached hydrogens (primary N) is 1. The van der Waals surface area contributed by atoms with Gasteiger partial charge in [0.1, 0.15) is 5.75 Å². The molecule has 4 nitrogen and oxygen atoms in total. The van der Waals surface area contributed by atoms with Crippen LogP contribution in [-0.2, 0) is 11.2 Å². The fourth-order valence-electron chi connectivity index (χ4n) is 3.29. The molecular formula is C20H24N2O2. The SMILES string of the molecule is COc1ccc(CCC(=O)N2C[C@@H](N)[C@H](c3ccccc3)C2)cc1. The van der Waals surface area contributed by atoms with Gasteiger partial charge in [-0.2, -0.15) is 0 Å². The largest absolute Gasteiger partial charge is 0.497 e. The smallest absolute Gasteiger partial charge is 0.222 e. The first kappa shape index (κ1) is 16.5. The molecule has 4 heteroatoms. The highest BCUT2D eigenvalue weighted by atomic mass is 16.5. The van der Waals surface area contributed by atoms with Crippen molar-refractivity contribution < 1.29 is 9.53 Å². The van der Waals surface area contributed by atoms with Crippen LogP contribution in [0, 0.1) is 0 Å². The molecular weight excluding hydrogens is 300 g/mol. The van der Waals surface area contributed by atoms with E-state index in [0.29, 0.717) is 19.5 Å². The third kappa shape index (κ3) is 3.77. The number of likely N-dealkylation sites (tertiary alicyclic amines) is 1. The lowest BCUT2D eigenvalue weighted by atomic mass is 9.95. The number of hydrogen-bond donors (Lipinski definition) is 1. The first-order valence-electron chi connectivity index (χ1n) is 8.38. The third-order valence-corrected chi connectivity index (χ3v) is 4.73. The summed E-state index contributed by atoms with van der Waals surface area (Å²) in [7, 11) is 1.65. The summed E-state index contributed by atoms with van der Waals surface area (Å²) in [6.07, 6.45) is 1.26. The Kier molecular flexibility index (Phi) is 5.16. The summed E-state index contributed by atoms with van der Waals surface area (Å²) >= 11 is 0. The van der Waals surface area contributed by atoms with Crippen molar-refractivity contribution in [2.24, 2.45) is 5.73 Å². The number of benzene rings is 2. The van der Waals surface area contributed by atoms with Crippen molar-refractivity contribution in [1.82, 2.24) is 4.90 Å². The van der Waals surface area contributed by atoms with Crippen molar-refractivity contribution in [2.45, 2.75) is 24.8 Å². The molecule has 2 N–H and O–H groups in total. The van der Waals surface area contributed by atoms with E-state index in [0.717, 1.165) is 17.7 Å². The van der Waals surface area contributed by atoms with Crippen LogP contribution in [0.2, 0.25) is 0 Å². The van der Waals surface area contributed by atoms with Crippen molar-refractivity contribution >= 4 is 5.91 Å². The number of rotatable bonds is 5. The molecule has 3 rings (SSSR count). The number of nitrogens with zero attached hydrogens (tertiary/aromatic N) is 1. The first-order chi connectivity index (χ1) is 11.7. The lowest BCUT2D eigenvalue weighted by molar-refractivity contribution is -0.130. The van der Waals surface area contributed by atoms with Crippen molar-refractivity contribution in [3.8, 4) is 5.75 Å². The Balaban J connectivity index is 1.55. The summed E-state index contributed by atoms with van der Waals surface area (Å²) in [6, 6.07) is 18.1. The number of carbonyl (C=O) groups excluding carboxylic acids is 1. The van der Waals surface area contributed by atoms with Crippen LogP contribution < -0.4 is 10.5 Å². The van der Waals surface area contributed by atoms with E-state index in [1.54, 1.807) is 7.11 Å². The average Bonchev–Trinajstić information content (AvgIpc) is 3.02. The van der Waals surface area contributed by atoms with Gasteiger partial charge in [-0.05, 0) is 29.7 Å². The van der Waals surface area contributed by atoms with E-state index >= 15 is 0 Å². The highest BCUT2D eigenvalue weighted by Crippen LogP contribution is 2.27. The predicted molar refractivity (Wildman–Crippen MR) is 95.1 cm³/mol. The lowest BCUT2D eigenvalue weighted by Crippen LogP contribution is -2.32. The summed E-state index contributed by atoms with van der Waals surface area (Å²) in [6.45, 7) is 1.35. The van der Waals surface area contributed by atoms with Crippen LogP contribution in [0.3, 0.4) is 0 Å². The van der Waals surface area contributed by atoms with E-state index in [9.17, 15) is 4.79 Å². The zero-order chi connectivity index (χ0) is 16.9. The average molecular weight is 324 g/mol. The van der Waals surface area contributed by atoms with E-state index in [2.05, 4.69) is 12.1 Å². The maximum atomic E-state index is 12.5. The number of carbonyl (C=O) groups is 1. The number of amides is 1. The summed E-state index contributed by atoms with van der Waals surface area (Å²) in [5.41, 5.74) is 8.63. The Morgan fingerprint density at radius 2 is 1.83 bits per heavy atom. The minimum atomic E-state index is 0.0114. The van der Waals surface area contributed by atoms with Crippen LogP contribution >= 0.6 is 0 Å². The zero-order valence-corrected chi connectivity index (χ0v) is 14.0. The quantitative estimate of drug-likeness (QED) is 0.920. The van der Waals surface area contributed by atoms with Crippen molar-refractivity contribution in [3.63, 3.8) is 0 Å². The van der Waals surface area contributed by atoms with Gasteiger partial charge in [-0.3, -0.25) is 4.79 Å². The van der Waals surface area contributed by atoms with Crippen LogP contribution in [0.5, 0.6) is 5.75 Å². The van der Waals surface area contributed by atoms with Crippen LogP contribution in [0.4, 0.5) is 0 Å². The Labute approximate surface area is 143 Å². The van der Waals surface area contributed by atoms with Gasteiger partial charge in [0.05, 0.1) is 7.11 Å². The Bertz CT molecular complexity index is 670. The second kappa shape index (κ2) is 7.49. The number of aryl methyl sites for hydroxylation is 1. The molecule has 1 amide bonds. The molecule has 0 aliphatic carbocycles. The molecule has 0 radical (unpaired) electrons. The molecule has 0 bridgehead atoms. The molecule has 1 fully saturated rings. The second-order valence-corrected chi connectivity index (χ2v) is 6.33. The van der Waals surface area contributed by atoms with E-state index in [1.165, 1.54) is 5.56 Å². The third-order valence-electron chi connectivity index (χ3n) is 4.73. The zero-order valence-electron chi connectivity index (χ0n) is 14.0. The molecule has 0 spiro atoms. The molecule has 2 aromatic rings. The van der Waals surface area contributed by atoms with Gasteiger partial charge >= 0.3 is 0 Å².